The number of esters is 1. The summed E-state index contributed by atoms with van der Waals surface area (Å²) < 4.78 is 5.34. The van der Waals surface area contributed by atoms with Gasteiger partial charge >= 0.3 is 5.97 Å². The molecule has 1 spiro atoms. The van der Waals surface area contributed by atoms with E-state index >= 15 is 0 Å². The number of para-hydroxylation sites is 1. The Hall–Kier alpha value is -3.58. The number of hydrogen-bond acceptors (Lipinski definition) is 7. The fourth-order valence-corrected chi connectivity index (χ4v) is 5.41. The number of hydrazone groups is 2. The molecule has 0 saturated carbocycles. The maximum Gasteiger partial charge on any atom is 0.365 e. The van der Waals surface area contributed by atoms with Crippen molar-refractivity contribution in [3.05, 3.63) is 95.6 Å². The van der Waals surface area contributed by atoms with E-state index in [1.54, 1.807) is 6.92 Å². The fraction of sp³-hybridized carbons (Fsp3) is 0.192. The van der Waals surface area contributed by atoms with Crippen molar-refractivity contribution in [2.75, 3.05) is 16.6 Å². The minimum Gasteiger partial charge on any atom is -0.461 e. The van der Waals surface area contributed by atoms with Crippen LogP contribution in [0.4, 0.5) is 11.4 Å². The molecule has 0 aromatic heterocycles. The van der Waals surface area contributed by atoms with Crippen molar-refractivity contribution in [1.29, 1.82) is 0 Å². The van der Waals surface area contributed by atoms with E-state index in [1.807, 2.05) is 90.6 Å². The third-order valence-electron chi connectivity index (χ3n) is 5.65. The van der Waals surface area contributed by atoms with Gasteiger partial charge in [0.1, 0.15) is 0 Å². The van der Waals surface area contributed by atoms with Gasteiger partial charge in [0.05, 0.1) is 23.7 Å². The van der Waals surface area contributed by atoms with E-state index in [1.165, 1.54) is 11.8 Å². The molecule has 6 nitrogen and oxygen atoms in total. The molecule has 7 heteroatoms. The maximum atomic E-state index is 12.9. The Balaban J connectivity index is 1.78. The third kappa shape index (κ3) is 3.49. The monoisotopic (exact) mass is 456 g/mol. The van der Waals surface area contributed by atoms with Crippen molar-refractivity contribution in [1.82, 2.24) is 0 Å². The van der Waals surface area contributed by atoms with Crippen LogP contribution in [0.5, 0.6) is 0 Å². The molecule has 0 unspecified atom stereocenters. The highest BCUT2D eigenvalue weighted by Gasteiger charge is 2.56. The number of benzene rings is 3. The lowest BCUT2D eigenvalue weighted by atomic mass is 9.98. The fourth-order valence-electron chi connectivity index (χ4n) is 4.12. The molecule has 2 aliphatic heterocycles. The van der Waals surface area contributed by atoms with Gasteiger partial charge in [0.2, 0.25) is 10.0 Å². The molecule has 3 aromatic carbocycles. The third-order valence-corrected chi connectivity index (χ3v) is 6.94. The Morgan fingerprint density at radius 1 is 0.879 bits per heavy atom. The van der Waals surface area contributed by atoms with Gasteiger partial charge in [-0.25, -0.2) is 14.8 Å². The summed E-state index contributed by atoms with van der Waals surface area (Å²) in [6.45, 7) is 6.13. The molecule has 2 heterocycles. The lowest BCUT2D eigenvalue weighted by Crippen LogP contribution is -2.53. The summed E-state index contributed by atoms with van der Waals surface area (Å²) in [7, 11) is 0. The quantitative estimate of drug-likeness (QED) is 0.487. The van der Waals surface area contributed by atoms with Gasteiger partial charge in [0.15, 0.2) is 0 Å². The normalized spacial score (nSPS) is 19.2. The lowest BCUT2D eigenvalue weighted by molar-refractivity contribution is -0.134. The molecule has 0 fully saturated rings. The molecule has 1 atom stereocenters. The molecule has 166 valence electrons. The van der Waals surface area contributed by atoms with Crippen LogP contribution in [0.15, 0.2) is 89.1 Å². The summed E-state index contributed by atoms with van der Waals surface area (Å²) in [6, 6.07) is 26.3. The average Bonchev–Trinajstić information content (AvgIpc) is 3.24. The number of rotatable bonds is 4. The van der Waals surface area contributed by atoms with Crippen molar-refractivity contribution in [3.8, 4) is 0 Å². The number of hydrogen-bond donors (Lipinski definition) is 0. The van der Waals surface area contributed by atoms with Crippen LogP contribution in [0.1, 0.15) is 30.5 Å². The van der Waals surface area contributed by atoms with E-state index in [-0.39, 0.29) is 6.61 Å². The highest BCUT2D eigenvalue weighted by atomic mass is 32.2. The Kier molecular flexibility index (Phi) is 5.42. The van der Waals surface area contributed by atoms with Crippen LogP contribution in [0.3, 0.4) is 0 Å². The number of fused-ring (bicyclic) bond motifs is 2. The molecule has 3 aromatic rings. The van der Waals surface area contributed by atoms with Crippen molar-refractivity contribution in [3.63, 3.8) is 0 Å². The van der Waals surface area contributed by atoms with Crippen LogP contribution in [0.2, 0.25) is 0 Å². The van der Waals surface area contributed by atoms with E-state index in [0.717, 1.165) is 33.8 Å². The first-order valence-electron chi connectivity index (χ1n) is 10.9. The van der Waals surface area contributed by atoms with Crippen LogP contribution in [0.25, 0.3) is 0 Å². The maximum absolute atomic E-state index is 12.9. The molecule has 0 aliphatic carbocycles. The van der Waals surface area contributed by atoms with Crippen LogP contribution < -0.4 is 10.0 Å². The number of carbonyl (C=O) groups is 1. The van der Waals surface area contributed by atoms with E-state index < -0.39 is 11.0 Å². The van der Waals surface area contributed by atoms with Gasteiger partial charge in [0.25, 0.3) is 0 Å². The van der Waals surface area contributed by atoms with Crippen molar-refractivity contribution >= 4 is 39.9 Å². The standard InChI is InChI=1S/C26H24N4O2S/c1-4-32-25(31)24-28-30(21-16-14-18(2)15-17-21)26(33-24)23-13-9-8-12-22(23)19(3)27-29(26)20-10-6-5-7-11-20/h5-17H,4H2,1-3H3/t26-/m1/s1. The first-order valence-corrected chi connectivity index (χ1v) is 11.7. The molecule has 0 radical (unpaired) electrons. The first-order chi connectivity index (χ1) is 16.0. The first kappa shape index (κ1) is 21.3. The summed E-state index contributed by atoms with van der Waals surface area (Å²) in [5.41, 5.74) is 5.83. The summed E-state index contributed by atoms with van der Waals surface area (Å²) >= 11 is 1.36. The zero-order valence-electron chi connectivity index (χ0n) is 18.7. The largest absolute Gasteiger partial charge is 0.461 e. The summed E-state index contributed by atoms with van der Waals surface area (Å²) in [5.74, 6) is -0.437. The number of aryl methyl sites for hydroxylation is 1. The van der Waals surface area contributed by atoms with Crippen LogP contribution in [-0.2, 0) is 14.5 Å². The molecule has 0 amide bonds. The van der Waals surface area contributed by atoms with Gasteiger partial charge in [-0.2, -0.15) is 10.2 Å². The van der Waals surface area contributed by atoms with Gasteiger partial charge in [-0.15, -0.1) is 0 Å². The Labute approximate surface area is 197 Å². The van der Waals surface area contributed by atoms with Crippen molar-refractivity contribution in [2.24, 2.45) is 10.2 Å². The molecule has 0 N–H and O–H groups in total. The summed E-state index contributed by atoms with van der Waals surface area (Å²) in [5, 5.41) is 14.0. The minimum absolute atomic E-state index is 0.284. The topological polar surface area (TPSA) is 57.5 Å². The van der Waals surface area contributed by atoms with E-state index in [0.29, 0.717) is 5.04 Å². The van der Waals surface area contributed by atoms with Crippen LogP contribution in [0, 0.1) is 6.92 Å². The predicted octanol–water partition coefficient (Wildman–Crippen LogP) is 5.48. The molecular weight excluding hydrogens is 432 g/mol. The van der Waals surface area contributed by atoms with Gasteiger partial charge in [-0.3, -0.25) is 0 Å². The molecule has 2 aliphatic rings. The number of carbonyl (C=O) groups excluding carboxylic acids is 1. The zero-order valence-corrected chi connectivity index (χ0v) is 19.5. The molecule has 0 saturated heterocycles. The number of ether oxygens (including phenoxy) is 1. The Bertz CT molecular complexity index is 1260. The zero-order chi connectivity index (χ0) is 23.0. The van der Waals surface area contributed by atoms with Crippen molar-refractivity contribution < 1.29 is 9.53 Å². The highest BCUT2D eigenvalue weighted by molar-refractivity contribution is 8.16. The van der Waals surface area contributed by atoms with E-state index in [9.17, 15) is 4.79 Å². The highest BCUT2D eigenvalue weighted by Crippen LogP contribution is 2.54. The lowest BCUT2D eigenvalue weighted by Gasteiger charge is -2.46. The number of nitrogens with zero attached hydrogens (tertiary/aromatic N) is 4. The molecule has 0 bridgehead atoms. The molecular formula is C26H24N4O2S. The molecule has 33 heavy (non-hydrogen) atoms. The Morgan fingerprint density at radius 3 is 2.24 bits per heavy atom. The summed E-state index contributed by atoms with van der Waals surface area (Å²) in [6.07, 6.45) is 0. The minimum atomic E-state index is -0.936. The van der Waals surface area contributed by atoms with Gasteiger partial charge in [-0.1, -0.05) is 60.2 Å². The second-order valence-electron chi connectivity index (χ2n) is 7.86. The van der Waals surface area contributed by atoms with Gasteiger partial charge in [0, 0.05) is 11.1 Å². The second-order valence-corrected chi connectivity index (χ2v) is 9.02. The van der Waals surface area contributed by atoms with Gasteiger partial charge < -0.3 is 4.74 Å². The average molecular weight is 457 g/mol. The predicted molar refractivity (Wildman–Crippen MR) is 135 cm³/mol. The second kappa shape index (κ2) is 8.41. The SMILES string of the molecule is CCOC(=O)C1=NN(c2ccc(C)cc2)[C@@]2(S1)c1ccccc1C(C)=NN2c1ccccc1. The smallest absolute Gasteiger partial charge is 0.365 e. The number of thioether (sulfide) groups is 1. The number of anilines is 2. The van der Waals surface area contributed by atoms with E-state index in [4.69, 9.17) is 14.9 Å². The van der Waals surface area contributed by atoms with E-state index in [2.05, 4.69) is 12.1 Å². The van der Waals surface area contributed by atoms with Crippen molar-refractivity contribution in [2.45, 2.75) is 25.8 Å². The molecule has 5 rings (SSSR count). The Morgan fingerprint density at radius 2 is 1.52 bits per heavy atom. The van der Waals surface area contributed by atoms with Crippen LogP contribution >= 0.6 is 11.8 Å². The van der Waals surface area contributed by atoms with Gasteiger partial charge in [-0.05, 0) is 56.8 Å². The van der Waals surface area contributed by atoms with Crippen LogP contribution in [-0.4, -0.2) is 23.3 Å². The summed E-state index contributed by atoms with van der Waals surface area (Å²) in [4.78, 5) is 11.9.